The molecule has 0 N–H and O–H groups in total. The third kappa shape index (κ3) is 3.63. The summed E-state index contributed by atoms with van der Waals surface area (Å²) >= 11 is 1.68. The van der Waals surface area contributed by atoms with Crippen molar-refractivity contribution in [1.29, 1.82) is 0 Å². The Kier molecular flexibility index (Phi) is 5.40. The summed E-state index contributed by atoms with van der Waals surface area (Å²) in [6, 6.07) is 5.91. The first-order valence-electron chi connectivity index (χ1n) is 9.76. The molecule has 0 fully saturated rings. The zero-order valence-electron chi connectivity index (χ0n) is 17.8. The molecule has 0 atom stereocenters. The van der Waals surface area contributed by atoms with Crippen LogP contribution >= 0.6 is 11.3 Å². The Morgan fingerprint density at radius 2 is 1.97 bits per heavy atom. The number of rotatable bonds is 6. The number of ether oxygens (including phenoxy) is 1. The van der Waals surface area contributed by atoms with Crippen LogP contribution in [0.2, 0.25) is 0 Å². The second kappa shape index (κ2) is 8.03. The molecule has 0 bridgehead atoms. The van der Waals surface area contributed by atoms with Crippen LogP contribution in [0, 0.1) is 13.8 Å². The highest BCUT2D eigenvalue weighted by atomic mass is 32.1. The number of fused-ring (bicyclic) bond motifs is 1. The van der Waals surface area contributed by atoms with Gasteiger partial charge in [0.25, 0.3) is 5.56 Å². The molecule has 0 saturated heterocycles. The molecule has 4 aromatic heterocycles. The van der Waals surface area contributed by atoms with Gasteiger partial charge in [-0.25, -0.2) is 14.6 Å². The summed E-state index contributed by atoms with van der Waals surface area (Å²) in [7, 11) is 2.99. The molecule has 0 radical (unpaired) electrons. The molecule has 10 heteroatoms. The molecule has 4 heterocycles. The van der Waals surface area contributed by atoms with Gasteiger partial charge in [-0.05, 0) is 31.4 Å². The first-order chi connectivity index (χ1) is 14.8. The summed E-state index contributed by atoms with van der Waals surface area (Å²) in [5, 5.41) is 2.03. The number of aryl methyl sites for hydroxylation is 2. The second-order valence-corrected chi connectivity index (χ2v) is 8.43. The number of carbonyl (C=O) groups excluding carboxylic acids is 1. The highest BCUT2D eigenvalue weighted by Gasteiger charge is 2.18. The Morgan fingerprint density at radius 3 is 2.68 bits per heavy atom. The fourth-order valence-corrected chi connectivity index (χ4v) is 4.38. The third-order valence-corrected chi connectivity index (χ3v) is 6.33. The summed E-state index contributed by atoms with van der Waals surface area (Å²) in [6.45, 7) is 4.92. The number of carbonyl (C=O) groups is 1. The lowest BCUT2D eigenvalue weighted by Crippen LogP contribution is -2.37. The standard InChI is InChI=1S/C21H23N5O4S/c1-13-10-16(14(2)26(13)11-15-6-5-9-31-15)20(28)30-8-7-25-12-22-18-17(25)19(27)24(4)21(29)23(18)3/h5-6,9-10,12H,7-8,11H2,1-4H3. The minimum atomic E-state index is -0.438. The molecule has 0 aromatic carbocycles. The monoisotopic (exact) mass is 441 g/mol. The lowest BCUT2D eigenvalue weighted by molar-refractivity contribution is 0.0491. The van der Waals surface area contributed by atoms with Gasteiger partial charge in [0.1, 0.15) is 6.61 Å². The van der Waals surface area contributed by atoms with Gasteiger partial charge in [0.15, 0.2) is 11.2 Å². The fourth-order valence-electron chi connectivity index (χ4n) is 3.69. The van der Waals surface area contributed by atoms with Gasteiger partial charge in [0.2, 0.25) is 0 Å². The van der Waals surface area contributed by atoms with Crippen LogP contribution in [0.15, 0.2) is 39.5 Å². The van der Waals surface area contributed by atoms with Gasteiger partial charge >= 0.3 is 11.7 Å². The van der Waals surface area contributed by atoms with Crippen molar-refractivity contribution in [2.75, 3.05) is 6.61 Å². The molecule has 9 nitrogen and oxygen atoms in total. The van der Waals surface area contributed by atoms with Crippen LogP contribution in [-0.2, 0) is 31.9 Å². The number of aromatic nitrogens is 5. The molecule has 0 aliphatic rings. The minimum absolute atomic E-state index is 0.0743. The van der Waals surface area contributed by atoms with E-state index in [4.69, 9.17) is 4.74 Å². The Bertz CT molecular complexity index is 1390. The Hall–Kier alpha value is -3.40. The van der Waals surface area contributed by atoms with Gasteiger partial charge in [0, 0.05) is 30.4 Å². The van der Waals surface area contributed by atoms with Crippen LogP contribution in [0.1, 0.15) is 26.6 Å². The van der Waals surface area contributed by atoms with E-state index in [-0.39, 0.29) is 13.2 Å². The Balaban J connectivity index is 1.49. The van der Waals surface area contributed by atoms with Crippen molar-refractivity contribution in [3.05, 3.63) is 72.6 Å². The SMILES string of the molecule is Cc1cc(C(=O)OCCn2cnc3c2c(=O)n(C)c(=O)n3C)c(C)n1Cc1cccs1. The molecular weight excluding hydrogens is 418 g/mol. The van der Waals surface area contributed by atoms with Crippen LogP contribution in [0.5, 0.6) is 0 Å². The van der Waals surface area contributed by atoms with E-state index in [1.165, 1.54) is 22.8 Å². The van der Waals surface area contributed by atoms with Crippen molar-refractivity contribution >= 4 is 28.5 Å². The number of imidazole rings is 1. The number of hydrogen-bond donors (Lipinski definition) is 0. The summed E-state index contributed by atoms with van der Waals surface area (Å²) < 4.78 is 11.5. The van der Waals surface area contributed by atoms with E-state index in [0.717, 1.165) is 16.0 Å². The van der Waals surface area contributed by atoms with Gasteiger partial charge in [-0.1, -0.05) is 6.07 Å². The van der Waals surface area contributed by atoms with Crippen molar-refractivity contribution in [3.63, 3.8) is 0 Å². The molecule has 4 aromatic rings. The molecular formula is C21H23N5O4S. The Morgan fingerprint density at radius 1 is 1.19 bits per heavy atom. The molecule has 0 aliphatic carbocycles. The normalized spacial score (nSPS) is 11.4. The maximum absolute atomic E-state index is 12.7. The van der Waals surface area contributed by atoms with Crippen LogP contribution in [0.4, 0.5) is 0 Å². The second-order valence-electron chi connectivity index (χ2n) is 7.40. The smallest absolute Gasteiger partial charge is 0.340 e. The highest BCUT2D eigenvalue weighted by molar-refractivity contribution is 7.09. The average molecular weight is 442 g/mol. The van der Waals surface area contributed by atoms with Crippen LogP contribution in [-0.4, -0.2) is 35.8 Å². The van der Waals surface area contributed by atoms with E-state index in [9.17, 15) is 14.4 Å². The van der Waals surface area contributed by atoms with Crippen molar-refractivity contribution < 1.29 is 9.53 Å². The topological polar surface area (TPSA) is 93.1 Å². The first-order valence-corrected chi connectivity index (χ1v) is 10.6. The van der Waals surface area contributed by atoms with Gasteiger partial charge < -0.3 is 13.9 Å². The zero-order chi connectivity index (χ0) is 22.3. The largest absolute Gasteiger partial charge is 0.460 e. The van der Waals surface area contributed by atoms with Gasteiger partial charge in [-0.3, -0.25) is 13.9 Å². The predicted molar refractivity (Wildman–Crippen MR) is 118 cm³/mol. The molecule has 31 heavy (non-hydrogen) atoms. The quantitative estimate of drug-likeness (QED) is 0.426. The van der Waals surface area contributed by atoms with E-state index >= 15 is 0 Å². The minimum Gasteiger partial charge on any atom is -0.460 e. The molecule has 0 amide bonds. The number of esters is 1. The molecule has 0 saturated carbocycles. The molecule has 4 rings (SSSR count). The van der Waals surface area contributed by atoms with Crippen molar-refractivity contribution in [1.82, 2.24) is 23.3 Å². The molecule has 0 spiro atoms. The van der Waals surface area contributed by atoms with Crippen LogP contribution < -0.4 is 11.2 Å². The van der Waals surface area contributed by atoms with Gasteiger partial charge in [0.05, 0.1) is 25.0 Å². The van der Waals surface area contributed by atoms with E-state index < -0.39 is 17.2 Å². The number of hydrogen-bond acceptors (Lipinski definition) is 6. The van der Waals surface area contributed by atoms with E-state index in [0.29, 0.717) is 23.3 Å². The van der Waals surface area contributed by atoms with E-state index in [2.05, 4.69) is 15.6 Å². The summed E-state index contributed by atoms with van der Waals surface area (Å²) in [5.74, 6) is -0.407. The van der Waals surface area contributed by atoms with Gasteiger partial charge in [-0.2, -0.15) is 0 Å². The molecule has 0 unspecified atom stereocenters. The lowest BCUT2D eigenvalue weighted by atomic mass is 10.2. The van der Waals surface area contributed by atoms with Gasteiger partial charge in [-0.15, -0.1) is 11.3 Å². The van der Waals surface area contributed by atoms with Crippen molar-refractivity contribution in [2.24, 2.45) is 14.1 Å². The molecule has 162 valence electrons. The molecule has 0 aliphatic heterocycles. The summed E-state index contributed by atoms with van der Waals surface area (Å²) in [6.07, 6.45) is 1.48. The van der Waals surface area contributed by atoms with Crippen LogP contribution in [0.3, 0.4) is 0 Å². The average Bonchev–Trinajstić information content (AvgIpc) is 3.47. The number of nitrogens with zero attached hydrogens (tertiary/aromatic N) is 5. The fraction of sp³-hybridized carbons (Fsp3) is 0.333. The maximum Gasteiger partial charge on any atom is 0.340 e. The third-order valence-electron chi connectivity index (χ3n) is 5.47. The first kappa shape index (κ1) is 20.9. The maximum atomic E-state index is 12.7. The summed E-state index contributed by atoms with van der Waals surface area (Å²) in [5.41, 5.74) is 2.11. The predicted octanol–water partition coefficient (Wildman–Crippen LogP) is 1.82. The highest BCUT2D eigenvalue weighted by Crippen LogP contribution is 2.20. The zero-order valence-corrected chi connectivity index (χ0v) is 18.6. The summed E-state index contributed by atoms with van der Waals surface area (Å²) in [4.78, 5) is 42.6. The van der Waals surface area contributed by atoms with Crippen molar-refractivity contribution in [2.45, 2.75) is 26.9 Å². The van der Waals surface area contributed by atoms with E-state index in [1.807, 2.05) is 31.4 Å². The lowest BCUT2D eigenvalue weighted by Gasteiger charge is -2.09. The van der Waals surface area contributed by atoms with Crippen LogP contribution in [0.25, 0.3) is 11.2 Å². The van der Waals surface area contributed by atoms with Crippen molar-refractivity contribution in [3.8, 4) is 0 Å². The number of thiophene rings is 1. The Labute approximate surface area is 181 Å². The van der Waals surface area contributed by atoms with E-state index in [1.54, 1.807) is 23.0 Å².